The van der Waals surface area contributed by atoms with Gasteiger partial charge in [0.1, 0.15) is 5.75 Å². The van der Waals surface area contributed by atoms with Crippen molar-refractivity contribution in [2.75, 3.05) is 13.1 Å². The maximum Gasteiger partial charge on any atom is 0.416 e. The van der Waals surface area contributed by atoms with Crippen LogP contribution in [0.2, 0.25) is 0 Å². The minimum absolute atomic E-state index is 0.105. The van der Waals surface area contributed by atoms with E-state index in [9.17, 15) is 28.1 Å². The standard InChI is InChI=1S/C19H17F3N2O4/c20-19(21,22)14-6-9-17(16(12-14)24(26)27)28-15-7-4-13(5-8-15)18(25)23-10-2-1-3-11-23/h4-9,12H,1-3,10-11H2. The lowest BCUT2D eigenvalue weighted by molar-refractivity contribution is -0.385. The quantitative estimate of drug-likeness (QED) is 0.538. The normalized spacial score (nSPS) is 14.6. The molecule has 0 radical (unpaired) electrons. The second-order valence-electron chi connectivity index (χ2n) is 6.42. The average molecular weight is 394 g/mol. The third kappa shape index (κ3) is 4.41. The molecule has 0 aromatic heterocycles. The van der Waals surface area contributed by atoms with Crippen LogP contribution in [0.5, 0.6) is 11.5 Å². The molecule has 2 aromatic carbocycles. The van der Waals surface area contributed by atoms with Gasteiger partial charge in [0.2, 0.25) is 5.75 Å². The van der Waals surface area contributed by atoms with Crippen molar-refractivity contribution in [2.24, 2.45) is 0 Å². The van der Waals surface area contributed by atoms with Crippen molar-refractivity contribution in [1.82, 2.24) is 4.90 Å². The molecule has 1 aliphatic heterocycles. The van der Waals surface area contributed by atoms with Crippen LogP contribution in [0, 0.1) is 10.1 Å². The predicted octanol–water partition coefficient (Wildman–Crippen LogP) is 5.03. The Morgan fingerprint density at radius 1 is 1.04 bits per heavy atom. The van der Waals surface area contributed by atoms with E-state index in [1.54, 1.807) is 4.90 Å². The van der Waals surface area contributed by atoms with Crippen LogP contribution in [0.4, 0.5) is 18.9 Å². The lowest BCUT2D eigenvalue weighted by Gasteiger charge is -2.26. The summed E-state index contributed by atoms with van der Waals surface area (Å²) < 4.78 is 43.7. The summed E-state index contributed by atoms with van der Waals surface area (Å²) in [5.41, 5.74) is -1.46. The van der Waals surface area contributed by atoms with Gasteiger partial charge in [0.15, 0.2) is 0 Å². The summed E-state index contributed by atoms with van der Waals surface area (Å²) >= 11 is 0. The summed E-state index contributed by atoms with van der Waals surface area (Å²) in [5.74, 6) is -0.238. The zero-order valence-corrected chi connectivity index (χ0v) is 14.7. The van der Waals surface area contributed by atoms with Crippen molar-refractivity contribution in [1.29, 1.82) is 0 Å². The molecule has 9 heteroatoms. The second-order valence-corrected chi connectivity index (χ2v) is 6.42. The molecule has 1 amide bonds. The summed E-state index contributed by atoms with van der Waals surface area (Å²) in [6.45, 7) is 1.41. The van der Waals surface area contributed by atoms with Gasteiger partial charge in [0.25, 0.3) is 5.91 Å². The fourth-order valence-corrected chi connectivity index (χ4v) is 2.99. The molecule has 0 aliphatic carbocycles. The summed E-state index contributed by atoms with van der Waals surface area (Å²) in [7, 11) is 0. The van der Waals surface area contributed by atoms with Crippen molar-refractivity contribution in [3.8, 4) is 11.5 Å². The number of halogens is 3. The second kappa shape index (κ2) is 7.87. The van der Waals surface area contributed by atoms with Crippen LogP contribution in [-0.4, -0.2) is 28.8 Å². The van der Waals surface area contributed by atoms with Gasteiger partial charge in [0.05, 0.1) is 10.5 Å². The summed E-state index contributed by atoms with van der Waals surface area (Å²) in [5, 5.41) is 11.1. The van der Waals surface area contributed by atoms with Crippen molar-refractivity contribution in [3.05, 3.63) is 63.7 Å². The molecule has 1 fully saturated rings. The van der Waals surface area contributed by atoms with Crippen molar-refractivity contribution < 1.29 is 27.6 Å². The highest BCUT2D eigenvalue weighted by atomic mass is 19.4. The number of hydrogen-bond donors (Lipinski definition) is 0. The number of ether oxygens (including phenoxy) is 1. The van der Waals surface area contributed by atoms with Gasteiger partial charge < -0.3 is 9.64 Å². The van der Waals surface area contributed by atoms with Gasteiger partial charge in [-0.1, -0.05) is 0 Å². The third-order valence-corrected chi connectivity index (χ3v) is 4.46. The van der Waals surface area contributed by atoms with E-state index in [4.69, 9.17) is 4.74 Å². The minimum atomic E-state index is -4.69. The molecule has 0 bridgehead atoms. The molecular weight excluding hydrogens is 377 g/mol. The highest BCUT2D eigenvalue weighted by Gasteiger charge is 2.33. The smallest absolute Gasteiger partial charge is 0.416 e. The van der Waals surface area contributed by atoms with E-state index in [0.717, 1.165) is 31.4 Å². The van der Waals surface area contributed by atoms with Crippen molar-refractivity contribution in [2.45, 2.75) is 25.4 Å². The van der Waals surface area contributed by atoms with Gasteiger partial charge in [-0.3, -0.25) is 14.9 Å². The van der Waals surface area contributed by atoms with Gasteiger partial charge in [-0.2, -0.15) is 13.2 Å². The first-order valence-electron chi connectivity index (χ1n) is 8.68. The molecule has 0 N–H and O–H groups in total. The number of nitro groups is 1. The fraction of sp³-hybridized carbons (Fsp3) is 0.316. The number of rotatable bonds is 4. The lowest BCUT2D eigenvalue weighted by Crippen LogP contribution is -2.35. The molecular formula is C19H17F3N2O4. The van der Waals surface area contributed by atoms with Gasteiger partial charge in [-0.25, -0.2) is 0 Å². The van der Waals surface area contributed by atoms with Crippen LogP contribution in [0.1, 0.15) is 35.2 Å². The zero-order chi connectivity index (χ0) is 20.3. The summed E-state index contributed by atoms with van der Waals surface area (Å²) in [6.07, 6.45) is -1.67. The number of carbonyl (C=O) groups excluding carboxylic acids is 1. The number of benzene rings is 2. The number of nitrogens with zero attached hydrogens (tertiary/aromatic N) is 2. The maximum atomic E-state index is 12.8. The third-order valence-electron chi connectivity index (χ3n) is 4.46. The highest BCUT2D eigenvalue weighted by molar-refractivity contribution is 5.94. The highest BCUT2D eigenvalue weighted by Crippen LogP contribution is 2.37. The van der Waals surface area contributed by atoms with Crippen LogP contribution in [-0.2, 0) is 6.18 Å². The van der Waals surface area contributed by atoms with E-state index in [1.165, 1.54) is 24.3 Å². The Morgan fingerprint density at radius 3 is 2.25 bits per heavy atom. The predicted molar refractivity (Wildman–Crippen MR) is 94.4 cm³/mol. The monoisotopic (exact) mass is 394 g/mol. The number of amides is 1. The van der Waals surface area contributed by atoms with E-state index < -0.39 is 22.4 Å². The Labute approximate surface area is 158 Å². The molecule has 2 aromatic rings. The maximum absolute atomic E-state index is 12.8. The van der Waals surface area contributed by atoms with Crippen LogP contribution >= 0.6 is 0 Å². The molecule has 6 nitrogen and oxygen atoms in total. The van der Waals surface area contributed by atoms with Crippen LogP contribution in [0.3, 0.4) is 0 Å². The molecule has 148 valence electrons. The van der Waals surface area contributed by atoms with Gasteiger partial charge >= 0.3 is 11.9 Å². The topological polar surface area (TPSA) is 72.7 Å². The van der Waals surface area contributed by atoms with Crippen molar-refractivity contribution >= 4 is 11.6 Å². The molecule has 0 spiro atoms. The summed E-state index contributed by atoms with van der Waals surface area (Å²) in [6, 6.07) is 8.04. The number of likely N-dealkylation sites (tertiary alicyclic amines) is 1. The SMILES string of the molecule is O=C(c1ccc(Oc2ccc(C(F)(F)F)cc2[N+](=O)[O-])cc1)N1CCCCC1. The van der Waals surface area contributed by atoms with Crippen LogP contribution < -0.4 is 4.74 Å². The summed E-state index contributed by atoms with van der Waals surface area (Å²) in [4.78, 5) is 24.4. The van der Waals surface area contributed by atoms with E-state index in [-0.39, 0.29) is 17.4 Å². The first-order chi connectivity index (χ1) is 13.3. The Bertz CT molecular complexity index is 876. The van der Waals surface area contributed by atoms with E-state index in [0.29, 0.717) is 24.7 Å². The number of hydrogen-bond acceptors (Lipinski definition) is 4. The Kier molecular flexibility index (Phi) is 5.53. The molecule has 3 rings (SSSR count). The number of carbonyl (C=O) groups is 1. The number of nitro benzene ring substituents is 1. The molecule has 1 heterocycles. The van der Waals surface area contributed by atoms with E-state index in [2.05, 4.69) is 0 Å². The lowest BCUT2D eigenvalue weighted by atomic mass is 10.1. The number of piperidine rings is 1. The van der Waals surface area contributed by atoms with Crippen molar-refractivity contribution in [3.63, 3.8) is 0 Å². The molecule has 0 atom stereocenters. The van der Waals surface area contributed by atoms with Crippen LogP contribution in [0.15, 0.2) is 42.5 Å². The fourth-order valence-electron chi connectivity index (χ4n) is 2.99. The molecule has 1 saturated heterocycles. The van der Waals surface area contributed by atoms with Gasteiger partial charge in [0, 0.05) is 24.7 Å². The first kappa shape index (κ1) is 19.7. The molecule has 0 saturated carbocycles. The van der Waals surface area contributed by atoms with E-state index >= 15 is 0 Å². The average Bonchev–Trinajstić information content (AvgIpc) is 2.68. The number of alkyl halides is 3. The Morgan fingerprint density at radius 2 is 1.68 bits per heavy atom. The van der Waals surface area contributed by atoms with Gasteiger partial charge in [-0.05, 0) is 55.7 Å². The zero-order valence-electron chi connectivity index (χ0n) is 14.7. The molecule has 0 unspecified atom stereocenters. The van der Waals surface area contributed by atoms with Gasteiger partial charge in [-0.15, -0.1) is 0 Å². The first-order valence-corrected chi connectivity index (χ1v) is 8.68. The largest absolute Gasteiger partial charge is 0.450 e. The molecule has 1 aliphatic rings. The van der Waals surface area contributed by atoms with E-state index in [1.807, 2.05) is 0 Å². The Balaban J connectivity index is 1.78. The minimum Gasteiger partial charge on any atom is -0.450 e. The Hall–Kier alpha value is -3.10. The molecule has 28 heavy (non-hydrogen) atoms. The van der Waals surface area contributed by atoms with Crippen LogP contribution in [0.25, 0.3) is 0 Å².